The Labute approximate surface area is 261 Å². The van der Waals surface area contributed by atoms with Gasteiger partial charge in [-0.05, 0) is 85.6 Å². The average molecular weight is 583 g/mol. The predicted octanol–water partition coefficient (Wildman–Crippen LogP) is 10.6. The summed E-state index contributed by atoms with van der Waals surface area (Å²) in [4.78, 5) is 7.04. The van der Waals surface area contributed by atoms with Crippen LogP contribution in [0.4, 0.5) is 17.1 Å². The third-order valence-corrected chi connectivity index (χ3v) is 8.42. The Morgan fingerprint density at radius 2 is 1.18 bits per heavy atom. The fraction of sp³-hybridized carbons (Fsp3) is 0.0500. The van der Waals surface area contributed by atoms with Gasteiger partial charge in [0.05, 0.1) is 11.0 Å². The SMILES string of the molecule is Cc1cc(-n2c3ccccc3c3cc(N(c4ccccc4)c4ccccc4)ccc32)c(C)cc1-c1nc(-c2ccccc2)no1. The minimum atomic E-state index is 0.523. The van der Waals surface area contributed by atoms with Crippen molar-refractivity contribution in [2.45, 2.75) is 13.8 Å². The van der Waals surface area contributed by atoms with Crippen LogP contribution in [0.5, 0.6) is 0 Å². The monoisotopic (exact) mass is 582 g/mol. The largest absolute Gasteiger partial charge is 0.334 e. The van der Waals surface area contributed by atoms with E-state index in [1.165, 1.54) is 10.8 Å². The standard InChI is InChI=1S/C40H30N4O/c1-27-25-38(28(2)24-34(27)40-41-39(42-45-40)29-14-6-3-7-15-29)44-36-21-13-12-20-33(36)35-26-32(22-23-37(35)44)43(30-16-8-4-9-17-30)31-18-10-5-11-19-31/h3-26H,1-2H3. The molecular formula is C40H30N4O. The van der Waals surface area contributed by atoms with E-state index < -0.39 is 0 Å². The predicted molar refractivity (Wildman–Crippen MR) is 184 cm³/mol. The molecule has 0 saturated carbocycles. The van der Waals surface area contributed by atoms with E-state index in [0.29, 0.717) is 11.7 Å². The van der Waals surface area contributed by atoms with Crippen molar-refractivity contribution < 1.29 is 4.52 Å². The summed E-state index contributed by atoms with van der Waals surface area (Å²) in [6.07, 6.45) is 0. The molecule has 0 spiro atoms. The molecule has 0 fully saturated rings. The number of hydrogen-bond acceptors (Lipinski definition) is 4. The van der Waals surface area contributed by atoms with Crippen molar-refractivity contribution in [2.75, 3.05) is 4.90 Å². The zero-order valence-corrected chi connectivity index (χ0v) is 25.1. The molecule has 2 aromatic heterocycles. The average Bonchev–Trinajstić information content (AvgIpc) is 3.71. The highest BCUT2D eigenvalue weighted by molar-refractivity contribution is 6.10. The Kier molecular flexibility index (Phi) is 6.50. The highest BCUT2D eigenvalue weighted by Gasteiger charge is 2.20. The van der Waals surface area contributed by atoms with Gasteiger partial charge in [0.1, 0.15) is 0 Å². The van der Waals surface area contributed by atoms with Crippen molar-refractivity contribution in [2.24, 2.45) is 0 Å². The van der Waals surface area contributed by atoms with Crippen LogP contribution in [0.1, 0.15) is 11.1 Å². The van der Waals surface area contributed by atoms with E-state index in [9.17, 15) is 0 Å². The second-order valence-corrected chi connectivity index (χ2v) is 11.3. The van der Waals surface area contributed by atoms with Gasteiger partial charge in [-0.2, -0.15) is 4.98 Å². The fourth-order valence-corrected chi connectivity index (χ4v) is 6.27. The summed E-state index contributed by atoms with van der Waals surface area (Å²) >= 11 is 0. The Hall–Kier alpha value is -5.94. The molecule has 6 aromatic carbocycles. The normalized spacial score (nSPS) is 11.3. The molecule has 0 N–H and O–H groups in total. The Balaban J connectivity index is 1.27. The van der Waals surface area contributed by atoms with Crippen molar-refractivity contribution in [1.82, 2.24) is 14.7 Å². The minimum absolute atomic E-state index is 0.523. The minimum Gasteiger partial charge on any atom is -0.334 e. The van der Waals surface area contributed by atoms with E-state index in [1.807, 2.05) is 30.3 Å². The van der Waals surface area contributed by atoms with Gasteiger partial charge in [0.15, 0.2) is 0 Å². The summed E-state index contributed by atoms with van der Waals surface area (Å²) in [6, 6.07) is 50.8. The maximum Gasteiger partial charge on any atom is 0.258 e. The van der Waals surface area contributed by atoms with Crippen LogP contribution in [0.2, 0.25) is 0 Å². The van der Waals surface area contributed by atoms with Crippen molar-refractivity contribution >= 4 is 38.9 Å². The van der Waals surface area contributed by atoms with Crippen LogP contribution in [0.3, 0.4) is 0 Å². The molecule has 45 heavy (non-hydrogen) atoms. The van der Waals surface area contributed by atoms with Gasteiger partial charge in [0, 0.05) is 44.6 Å². The summed E-state index contributed by atoms with van der Waals surface area (Å²) in [7, 11) is 0. The molecule has 0 unspecified atom stereocenters. The highest BCUT2D eigenvalue weighted by Crippen LogP contribution is 2.40. The van der Waals surface area contributed by atoms with Crippen molar-refractivity contribution in [3.63, 3.8) is 0 Å². The molecule has 0 saturated heterocycles. The molecule has 0 aliphatic heterocycles. The molecule has 5 heteroatoms. The molecule has 8 rings (SSSR count). The molecule has 0 radical (unpaired) electrons. The molecule has 0 aliphatic carbocycles. The highest BCUT2D eigenvalue weighted by atomic mass is 16.5. The number of hydrogen-bond donors (Lipinski definition) is 0. The fourth-order valence-electron chi connectivity index (χ4n) is 6.27. The van der Waals surface area contributed by atoms with Gasteiger partial charge < -0.3 is 14.0 Å². The van der Waals surface area contributed by atoms with Crippen LogP contribution >= 0.6 is 0 Å². The molecule has 5 nitrogen and oxygen atoms in total. The first kappa shape index (κ1) is 26.7. The number of anilines is 3. The number of fused-ring (bicyclic) bond motifs is 3. The van der Waals surface area contributed by atoms with Gasteiger partial charge in [-0.3, -0.25) is 0 Å². The van der Waals surface area contributed by atoms with E-state index >= 15 is 0 Å². The van der Waals surface area contributed by atoms with E-state index in [-0.39, 0.29) is 0 Å². The maximum absolute atomic E-state index is 5.75. The van der Waals surface area contributed by atoms with E-state index in [2.05, 4.69) is 144 Å². The second kappa shape index (κ2) is 11.0. The molecule has 2 heterocycles. The summed E-state index contributed by atoms with van der Waals surface area (Å²) < 4.78 is 8.12. The first-order valence-corrected chi connectivity index (χ1v) is 15.1. The van der Waals surface area contributed by atoms with Gasteiger partial charge in [0.25, 0.3) is 5.89 Å². The van der Waals surface area contributed by atoms with Crippen molar-refractivity contribution in [3.8, 4) is 28.5 Å². The summed E-state index contributed by atoms with van der Waals surface area (Å²) in [5.74, 6) is 1.11. The van der Waals surface area contributed by atoms with E-state index in [4.69, 9.17) is 9.51 Å². The van der Waals surface area contributed by atoms with Crippen LogP contribution < -0.4 is 4.90 Å². The van der Waals surface area contributed by atoms with E-state index in [1.54, 1.807) is 0 Å². The number of benzene rings is 6. The number of para-hydroxylation sites is 3. The van der Waals surface area contributed by atoms with Crippen LogP contribution in [0.25, 0.3) is 50.3 Å². The molecule has 0 bridgehead atoms. The van der Waals surface area contributed by atoms with Gasteiger partial charge in [-0.15, -0.1) is 0 Å². The Morgan fingerprint density at radius 1 is 0.556 bits per heavy atom. The molecule has 216 valence electrons. The molecule has 0 atom stereocenters. The van der Waals surface area contributed by atoms with E-state index in [0.717, 1.165) is 56.0 Å². The van der Waals surface area contributed by atoms with Gasteiger partial charge in [-0.25, -0.2) is 0 Å². The van der Waals surface area contributed by atoms with Crippen LogP contribution in [-0.2, 0) is 0 Å². The lowest BCUT2D eigenvalue weighted by atomic mass is 10.0. The quantitative estimate of drug-likeness (QED) is 0.196. The smallest absolute Gasteiger partial charge is 0.258 e. The number of nitrogens with zero attached hydrogens (tertiary/aromatic N) is 4. The molecular weight excluding hydrogens is 552 g/mol. The van der Waals surface area contributed by atoms with Crippen LogP contribution in [0.15, 0.2) is 150 Å². The number of aromatic nitrogens is 3. The van der Waals surface area contributed by atoms with Crippen molar-refractivity contribution in [3.05, 3.63) is 157 Å². The van der Waals surface area contributed by atoms with Gasteiger partial charge in [-0.1, -0.05) is 90.1 Å². The third kappa shape index (κ3) is 4.66. The Morgan fingerprint density at radius 3 is 1.89 bits per heavy atom. The lowest BCUT2D eigenvalue weighted by Crippen LogP contribution is -2.09. The Bertz CT molecular complexity index is 2250. The summed E-state index contributed by atoms with van der Waals surface area (Å²) in [5, 5.41) is 6.67. The molecule has 0 amide bonds. The van der Waals surface area contributed by atoms with Gasteiger partial charge >= 0.3 is 0 Å². The zero-order chi connectivity index (χ0) is 30.3. The lowest BCUT2D eigenvalue weighted by Gasteiger charge is -2.25. The first-order valence-electron chi connectivity index (χ1n) is 15.1. The first-order chi connectivity index (χ1) is 22.2. The zero-order valence-electron chi connectivity index (χ0n) is 25.1. The maximum atomic E-state index is 5.75. The topological polar surface area (TPSA) is 47.1 Å². The lowest BCUT2D eigenvalue weighted by molar-refractivity contribution is 0.432. The molecule has 8 aromatic rings. The van der Waals surface area contributed by atoms with Crippen molar-refractivity contribution in [1.29, 1.82) is 0 Å². The third-order valence-electron chi connectivity index (χ3n) is 8.42. The second-order valence-electron chi connectivity index (χ2n) is 11.3. The van der Waals surface area contributed by atoms with Crippen LogP contribution in [-0.4, -0.2) is 14.7 Å². The number of aryl methyl sites for hydroxylation is 2. The summed E-state index contributed by atoms with van der Waals surface area (Å²) in [5.41, 5.74) is 10.8. The number of rotatable bonds is 6. The van der Waals surface area contributed by atoms with Gasteiger partial charge in [0.2, 0.25) is 5.82 Å². The summed E-state index contributed by atoms with van der Waals surface area (Å²) in [6.45, 7) is 4.25. The molecule has 0 aliphatic rings. The van der Waals surface area contributed by atoms with Crippen LogP contribution in [0, 0.1) is 13.8 Å².